The van der Waals surface area contributed by atoms with Crippen molar-refractivity contribution < 1.29 is 9.52 Å². The standard InChI is InChI=1S/C17H18N2O2S/c1-12(22-16-7-2-3-10-19(16)21)17(20)18-15-9-8-13-5-4-6-14(13)11-15/h2-3,7-12H,4-6H2,1H3,(H,18,20)/t12-/m1/s1. The lowest BCUT2D eigenvalue weighted by molar-refractivity contribution is -0.645. The molecule has 1 atom stereocenters. The Morgan fingerprint density at radius 3 is 2.91 bits per heavy atom. The Bertz CT molecular complexity index is 703. The molecule has 1 aliphatic rings. The first-order valence-electron chi connectivity index (χ1n) is 7.41. The molecular formula is C17H18N2O2S. The van der Waals surface area contributed by atoms with E-state index in [2.05, 4.69) is 17.4 Å². The Balaban J connectivity index is 1.65. The van der Waals surface area contributed by atoms with E-state index in [4.69, 9.17) is 0 Å². The molecule has 2 aromatic rings. The lowest BCUT2D eigenvalue weighted by atomic mass is 10.1. The van der Waals surface area contributed by atoms with Crippen molar-refractivity contribution in [1.82, 2.24) is 0 Å². The topological polar surface area (TPSA) is 56.0 Å². The quantitative estimate of drug-likeness (QED) is 0.536. The van der Waals surface area contributed by atoms with Crippen LogP contribution in [0.4, 0.5) is 5.69 Å². The molecule has 0 saturated carbocycles. The fourth-order valence-corrected chi connectivity index (χ4v) is 3.48. The van der Waals surface area contributed by atoms with E-state index in [1.54, 1.807) is 25.1 Å². The van der Waals surface area contributed by atoms with Crippen LogP contribution in [-0.2, 0) is 17.6 Å². The highest BCUT2D eigenvalue weighted by Gasteiger charge is 2.19. The molecule has 0 aliphatic heterocycles. The molecule has 1 heterocycles. The molecule has 0 radical (unpaired) electrons. The summed E-state index contributed by atoms with van der Waals surface area (Å²) >= 11 is 1.26. The largest absolute Gasteiger partial charge is 0.618 e. The summed E-state index contributed by atoms with van der Waals surface area (Å²) in [7, 11) is 0. The van der Waals surface area contributed by atoms with E-state index in [-0.39, 0.29) is 11.2 Å². The molecule has 22 heavy (non-hydrogen) atoms. The molecule has 0 saturated heterocycles. The van der Waals surface area contributed by atoms with Crippen molar-refractivity contribution in [2.24, 2.45) is 0 Å². The molecule has 1 aliphatic carbocycles. The third-order valence-corrected chi connectivity index (χ3v) is 4.95. The van der Waals surface area contributed by atoms with Crippen molar-refractivity contribution >= 4 is 23.4 Å². The van der Waals surface area contributed by atoms with Gasteiger partial charge in [-0.1, -0.05) is 6.07 Å². The maximum Gasteiger partial charge on any atom is 0.252 e. The third kappa shape index (κ3) is 3.25. The van der Waals surface area contributed by atoms with Gasteiger partial charge in [-0.25, -0.2) is 0 Å². The van der Waals surface area contributed by atoms with Gasteiger partial charge < -0.3 is 10.5 Å². The molecule has 1 N–H and O–H groups in total. The van der Waals surface area contributed by atoms with Gasteiger partial charge in [0.05, 0.1) is 5.25 Å². The summed E-state index contributed by atoms with van der Waals surface area (Å²) in [5, 5.41) is 14.8. The van der Waals surface area contributed by atoms with E-state index in [1.165, 1.54) is 35.5 Å². The van der Waals surface area contributed by atoms with Gasteiger partial charge in [0.25, 0.3) is 5.03 Å². The van der Waals surface area contributed by atoms with E-state index in [0.29, 0.717) is 5.03 Å². The van der Waals surface area contributed by atoms with E-state index in [1.807, 2.05) is 6.07 Å². The molecule has 4 nitrogen and oxygen atoms in total. The summed E-state index contributed by atoms with van der Waals surface area (Å²) < 4.78 is 0.782. The number of rotatable bonds is 4. The lowest BCUT2D eigenvalue weighted by Gasteiger charge is -2.12. The van der Waals surface area contributed by atoms with Gasteiger partial charge in [0.2, 0.25) is 5.91 Å². The van der Waals surface area contributed by atoms with E-state index >= 15 is 0 Å². The summed E-state index contributed by atoms with van der Waals surface area (Å²) in [5.74, 6) is -0.0909. The van der Waals surface area contributed by atoms with Crippen molar-refractivity contribution in [2.45, 2.75) is 36.5 Å². The van der Waals surface area contributed by atoms with Gasteiger partial charge in [-0.3, -0.25) is 4.79 Å². The number of hydrogen-bond donors (Lipinski definition) is 1. The number of aromatic nitrogens is 1. The van der Waals surface area contributed by atoms with Gasteiger partial charge in [-0.15, -0.1) is 0 Å². The minimum Gasteiger partial charge on any atom is -0.618 e. The van der Waals surface area contributed by atoms with Crippen molar-refractivity contribution in [3.63, 3.8) is 0 Å². The van der Waals surface area contributed by atoms with E-state index in [9.17, 15) is 10.0 Å². The third-order valence-electron chi connectivity index (χ3n) is 3.82. The SMILES string of the molecule is C[C@@H](Sc1cccc[n+]1[O-])C(=O)Nc1ccc2c(c1)CCC2. The number of pyridine rings is 1. The molecular weight excluding hydrogens is 296 g/mol. The highest BCUT2D eigenvalue weighted by atomic mass is 32.2. The van der Waals surface area contributed by atoms with Crippen molar-refractivity contribution in [3.8, 4) is 0 Å². The molecule has 0 bridgehead atoms. The van der Waals surface area contributed by atoms with Crippen LogP contribution in [0.15, 0.2) is 47.6 Å². The molecule has 3 rings (SSSR count). The fraction of sp³-hybridized carbons (Fsp3) is 0.294. The number of anilines is 1. The number of carbonyl (C=O) groups is 1. The highest BCUT2D eigenvalue weighted by molar-refractivity contribution is 8.00. The molecule has 0 spiro atoms. The highest BCUT2D eigenvalue weighted by Crippen LogP contribution is 2.26. The maximum absolute atomic E-state index is 12.3. The number of nitrogens with zero attached hydrogens (tertiary/aromatic N) is 1. The number of thioether (sulfide) groups is 1. The molecule has 114 valence electrons. The zero-order valence-corrected chi connectivity index (χ0v) is 13.2. The van der Waals surface area contributed by atoms with Gasteiger partial charge >= 0.3 is 0 Å². The molecule has 5 heteroatoms. The van der Waals surface area contributed by atoms with Gasteiger partial charge in [0.15, 0.2) is 6.20 Å². The van der Waals surface area contributed by atoms with Crippen molar-refractivity contribution in [2.75, 3.05) is 5.32 Å². The first-order chi connectivity index (χ1) is 10.6. The Morgan fingerprint density at radius 2 is 2.09 bits per heavy atom. The first-order valence-corrected chi connectivity index (χ1v) is 8.29. The Morgan fingerprint density at radius 1 is 1.27 bits per heavy atom. The van der Waals surface area contributed by atoms with Crippen molar-refractivity contribution in [3.05, 3.63) is 58.9 Å². The zero-order chi connectivity index (χ0) is 15.5. The molecule has 0 fully saturated rings. The van der Waals surface area contributed by atoms with Gasteiger partial charge in [0.1, 0.15) is 0 Å². The Hall–Kier alpha value is -2.01. The predicted octanol–water partition coefficient (Wildman–Crippen LogP) is 2.93. The number of benzene rings is 1. The van der Waals surface area contributed by atoms with Crippen LogP contribution in [0.3, 0.4) is 0 Å². The van der Waals surface area contributed by atoms with Crippen LogP contribution in [0, 0.1) is 5.21 Å². The summed E-state index contributed by atoms with van der Waals surface area (Å²) in [5.41, 5.74) is 3.55. The number of fused-ring (bicyclic) bond motifs is 1. The molecule has 1 aromatic heterocycles. The van der Waals surface area contributed by atoms with Crippen LogP contribution in [0.25, 0.3) is 0 Å². The predicted molar refractivity (Wildman–Crippen MR) is 87.8 cm³/mol. The zero-order valence-electron chi connectivity index (χ0n) is 12.4. The van der Waals surface area contributed by atoms with Crippen molar-refractivity contribution in [1.29, 1.82) is 0 Å². The number of carbonyl (C=O) groups excluding carboxylic acids is 1. The minimum absolute atomic E-state index is 0.0909. The second-order valence-corrected chi connectivity index (χ2v) is 6.81. The minimum atomic E-state index is -0.337. The maximum atomic E-state index is 12.3. The smallest absolute Gasteiger partial charge is 0.252 e. The second-order valence-electron chi connectivity index (χ2n) is 5.45. The molecule has 0 unspecified atom stereocenters. The summed E-state index contributed by atoms with van der Waals surface area (Å²) in [6.45, 7) is 1.81. The Labute approximate surface area is 134 Å². The summed E-state index contributed by atoms with van der Waals surface area (Å²) in [6.07, 6.45) is 4.85. The molecule has 1 aromatic carbocycles. The number of amides is 1. The average Bonchev–Trinajstić information content (AvgIpc) is 2.97. The van der Waals surface area contributed by atoms with Gasteiger partial charge in [-0.2, -0.15) is 4.73 Å². The number of hydrogen-bond acceptors (Lipinski definition) is 3. The fourth-order valence-electron chi connectivity index (χ4n) is 2.63. The van der Waals surface area contributed by atoms with E-state index < -0.39 is 0 Å². The molecule has 1 amide bonds. The lowest BCUT2D eigenvalue weighted by Crippen LogP contribution is -2.30. The summed E-state index contributed by atoms with van der Waals surface area (Å²) in [4.78, 5) is 12.3. The monoisotopic (exact) mass is 314 g/mol. The number of aryl methyl sites for hydroxylation is 2. The Kier molecular flexibility index (Phi) is 4.34. The van der Waals surface area contributed by atoms with Crippen LogP contribution in [0.2, 0.25) is 0 Å². The first kappa shape index (κ1) is 14.9. The van der Waals surface area contributed by atoms with Crippen LogP contribution < -0.4 is 10.0 Å². The van der Waals surface area contributed by atoms with Gasteiger partial charge in [0, 0.05) is 17.8 Å². The van der Waals surface area contributed by atoms with Crippen LogP contribution in [0.1, 0.15) is 24.5 Å². The van der Waals surface area contributed by atoms with Gasteiger partial charge in [-0.05, 0) is 67.3 Å². The summed E-state index contributed by atoms with van der Waals surface area (Å²) in [6, 6.07) is 11.3. The van der Waals surface area contributed by atoms with Crippen LogP contribution >= 0.6 is 11.8 Å². The average molecular weight is 314 g/mol. The van der Waals surface area contributed by atoms with Crippen LogP contribution in [0.5, 0.6) is 0 Å². The van der Waals surface area contributed by atoms with E-state index in [0.717, 1.165) is 23.3 Å². The second kappa shape index (κ2) is 6.40. The van der Waals surface area contributed by atoms with Crippen LogP contribution in [-0.4, -0.2) is 11.2 Å². The normalized spacial score (nSPS) is 14.4. The number of nitrogens with one attached hydrogen (secondary N) is 1.